The van der Waals surface area contributed by atoms with E-state index < -0.39 is 0 Å². The number of hydrogen-bond donors (Lipinski definition) is 0. The number of nitrogens with zero attached hydrogens (tertiary/aromatic N) is 3. The summed E-state index contributed by atoms with van der Waals surface area (Å²) < 4.78 is 0. The van der Waals surface area contributed by atoms with Gasteiger partial charge in [0.1, 0.15) is 5.54 Å². The van der Waals surface area contributed by atoms with Crippen LogP contribution in [0.5, 0.6) is 0 Å². The number of amides is 1. The summed E-state index contributed by atoms with van der Waals surface area (Å²) in [5, 5.41) is 2.48. The number of pyridine rings is 1. The molecule has 3 fully saturated rings. The van der Waals surface area contributed by atoms with Gasteiger partial charge in [0.15, 0.2) is 0 Å². The molecular weight excluding hydrogens is 370 g/mol. The van der Waals surface area contributed by atoms with E-state index in [2.05, 4.69) is 63.3 Å². The van der Waals surface area contributed by atoms with E-state index in [1.807, 2.05) is 18.5 Å². The average Bonchev–Trinajstić information content (AvgIpc) is 3.43. The molecule has 0 bridgehead atoms. The molecule has 4 heteroatoms. The zero-order valence-corrected chi connectivity index (χ0v) is 17.2. The summed E-state index contributed by atoms with van der Waals surface area (Å²) in [6.45, 7) is 2.77. The van der Waals surface area contributed by atoms with Gasteiger partial charge in [0.05, 0.1) is 0 Å². The molecule has 0 aliphatic carbocycles. The molecule has 3 atom stereocenters. The molecular formula is C26H27N3O. The average molecular weight is 398 g/mol. The van der Waals surface area contributed by atoms with Gasteiger partial charge >= 0.3 is 0 Å². The van der Waals surface area contributed by atoms with Crippen molar-refractivity contribution >= 4 is 16.7 Å². The Morgan fingerprint density at radius 1 is 1.07 bits per heavy atom. The summed E-state index contributed by atoms with van der Waals surface area (Å²) in [6.07, 6.45) is 7.99. The Hall–Kier alpha value is -2.72. The zero-order chi connectivity index (χ0) is 20.1. The molecule has 3 aliphatic heterocycles. The van der Waals surface area contributed by atoms with Gasteiger partial charge in [-0.1, -0.05) is 48.5 Å². The second kappa shape index (κ2) is 6.92. The molecule has 3 aromatic rings. The van der Waals surface area contributed by atoms with Crippen LogP contribution in [-0.4, -0.2) is 45.9 Å². The number of aromatic nitrogens is 1. The van der Waals surface area contributed by atoms with Crippen molar-refractivity contribution < 1.29 is 4.79 Å². The van der Waals surface area contributed by atoms with E-state index in [0.717, 1.165) is 45.3 Å². The van der Waals surface area contributed by atoms with Crippen LogP contribution in [0.2, 0.25) is 0 Å². The van der Waals surface area contributed by atoms with Gasteiger partial charge in [-0.25, -0.2) is 0 Å². The third-order valence-electron chi connectivity index (χ3n) is 7.71. The van der Waals surface area contributed by atoms with Gasteiger partial charge in [-0.15, -0.1) is 0 Å². The molecule has 0 saturated carbocycles. The second-order valence-electron chi connectivity index (χ2n) is 9.10. The predicted octanol–water partition coefficient (Wildman–Crippen LogP) is 4.22. The summed E-state index contributed by atoms with van der Waals surface area (Å²) in [4.78, 5) is 22.7. The fourth-order valence-electron chi connectivity index (χ4n) is 6.41. The monoisotopic (exact) mass is 397 g/mol. The summed E-state index contributed by atoms with van der Waals surface area (Å²) in [7, 11) is 0. The van der Waals surface area contributed by atoms with E-state index in [1.54, 1.807) is 0 Å². The van der Waals surface area contributed by atoms with Crippen LogP contribution in [0.3, 0.4) is 0 Å². The highest BCUT2D eigenvalue weighted by molar-refractivity contribution is 5.91. The fraction of sp³-hybridized carbons (Fsp3) is 0.385. The minimum Gasteiger partial charge on any atom is -0.340 e. The van der Waals surface area contributed by atoms with Crippen LogP contribution < -0.4 is 0 Å². The number of carbonyl (C=O) groups excluding carboxylic acids is 1. The molecule has 152 valence electrons. The summed E-state index contributed by atoms with van der Waals surface area (Å²) >= 11 is 0. The SMILES string of the molecule is O=C1N(CCc2ccccc2)C[C@@H]2C[C@@H](c3cccc4cnccc34)N3CCC[C@@]123. The van der Waals surface area contributed by atoms with Crippen LogP contribution in [0.25, 0.3) is 10.8 Å². The second-order valence-corrected chi connectivity index (χ2v) is 9.10. The van der Waals surface area contributed by atoms with Crippen molar-refractivity contribution in [2.75, 3.05) is 19.6 Å². The largest absolute Gasteiger partial charge is 0.340 e. The number of carbonyl (C=O) groups is 1. The maximum absolute atomic E-state index is 13.7. The zero-order valence-electron chi connectivity index (χ0n) is 17.2. The Labute approximate surface area is 177 Å². The number of hydrogen-bond acceptors (Lipinski definition) is 3. The molecule has 1 spiro atoms. The molecule has 2 aromatic carbocycles. The molecule has 3 saturated heterocycles. The normalized spacial score (nSPS) is 28.3. The number of fused-ring (bicyclic) bond motifs is 1. The van der Waals surface area contributed by atoms with Gasteiger partial charge in [0.2, 0.25) is 5.91 Å². The van der Waals surface area contributed by atoms with Gasteiger partial charge in [-0.3, -0.25) is 14.7 Å². The lowest BCUT2D eigenvalue weighted by Gasteiger charge is -2.34. The third kappa shape index (κ3) is 2.56. The van der Waals surface area contributed by atoms with Crippen molar-refractivity contribution in [2.45, 2.75) is 37.3 Å². The molecule has 0 unspecified atom stereocenters. The first-order valence-corrected chi connectivity index (χ1v) is 11.2. The Balaban J connectivity index is 1.29. The van der Waals surface area contributed by atoms with E-state index in [9.17, 15) is 4.79 Å². The number of benzene rings is 2. The van der Waals surface area contributed by atoms with Crippen molar-refractivity contribution in [3.05, 3.63) is 78.1 Å². The Morgan fingerprint density at radius 2 is 1.97 bits per heavy atom. The van der Waals surface area contributed by atoms with Gasteiger partial charge in [-0.05, 0) is 54.8 Å². The number of rotatable bonds is 4. The van der Waals surface area contributed by atoms with Gasteiger partial charge < -0.3 is 4.90 Å². The third-order valence-corrected chi connectivity index (χ3v) is 7.71. The topological polar surface area (TPSA) is 36.4 Å². The van der Waals surface area contributed by atoms with Crippen LogP contribution >= 0.6 is 0 Å². The summed E-state index contributed by atoms with van der Waals surface area (Å²) in [6, 6.07) is 19.5. The van der Waals surface area contributed by atoms with Gasteiger partial charge in [0, 0.05) is 42.8 Å². The maximum Gasteiger partial charge on any atom is 0.243 e. The lowest BCUT2D eigenvalue weighted by atomic mass is 9.85. The van der Waals surface area contributed by atoms with Crippen LogP contribution in [0.4, 0.5) is 0 Å². The number of likely N-dealkylation sites (tertiary alicyclic amines) is 1. The van der Waals surface area contributed by atoms with Crippen molar-refractivity contribution in [2.24, 2.45) is 5.92 Å². The van der Waals surface area contributed by atoms with Crippen LogP contribution in [0, 0.1) is 5.92 Å². The smallest absolute Gasteiger partial charge is 0.243 e. The van der Waals surface area contributed by atoms with Crippen molar-refractivity contribution in [3.63, 3.8) is 0 Å². The Morgan fingerprint density at radius 3 is 2.87 bits per heavy atom. The molecule has 0 N–H and O–H groups in total. The summed E-state index contributed by atoms with van der Waals surface area (Å²) in [5.41, 5.74) is 2.41. The minimum atomic E-state index is -0.267. The van der Waals surface area contributed by atoms with Crippen LogP contribution in [0.1, 0.15) is 36.4 Å². The lowest BCUT2D eigenvalue weighted by molar-refractivity contribution is -0.136. The molecule has 4 heterocycles. The van der Waals surface area contributed by atoms with Crippen LogP contribution in [-0.2, 0) is 11.2 Å². The molecule has 1 amide bonds. The first-order valence-electron chi connectivity index (χ1n) is 11.2. The molecule has 3 aliphatic rings. The van der Waals surface area contributed by atoms with E-state index in [1.165, 1.54) is 21.9 Å². The van der Waals surface area contributed by atoms with Gasteiger partial charge in [0.25, 0.3) is 0 Å². The predicted molar refractivity (Wildman–Crippen MR) is 118 cm³/mol. The standard InChI is InChI=1S/C26H27N3O/c30-25-26-12-5-14-29(26)24(23-9-4-8-20-17-27-13-10-22(20)23)16-21(26)18-28(25)15-11-19-6-2-1-3-7-19/h1-4,6-10,13,17,21,24H,5,11-12,14-16,18H2/t21-,24-,26-/m0/s1. The highest BCUT2D eigenvalue weighted by atomic mass is 16.2. The molecule has 4 nitrogen and oxygen atoms in total. The Bertz CT molecular complexity index is 1090. The van der Waals surface area contributed by atoms with Crippen LogP contribution in [0.15, 0.2) is 67.0 Å². The quantitative estimate of drug-likeness (QED) is 0.662. The first kappa shape index (κ1) is 18.1. The summed E-state index contributed by atoms with van der Waals surface area (Å²) in [5.74, 6) is 0.815. The van der Waals surface area contributed by atoms with Crippen molar-refractivity contribution in [1.82, 2.24) is 14.8 Å². The minimum absolute atomic E-state index is 0.267. The fourth-order valence-corrected chi connectivity index (χ4v) is 6.41. The first-order chi connectivity index (χ1) is 14.8. The van der Waals surface area contributed by atoms with Gasteiger partial charge in [-0.2, -0.15) is 0 Å². The molecule has 1 aromatic heterocycles. The highest BCUT2D eigenvalue weighted by Gasteiger charge is 2.65. The maximum atomic E-state index is 13.7. The van der Waals surface area contributed by atoms with E-state index in [-0.39, 0.29) is 5.54 Å². The Kier molecular flexibility index (Phi) is 4.17. The van der Waals surface area contributed by atoms with E-state index in [0.29, 0.717) is 17.9 Å². The van der Waals surface area contributed by atoms with Crippen molar-refractivity contribution in [1.29, 1.82) is 0 Å². The van der Waals surface area contributed by atoms with E-state index >= 15 is 0 Å². The lowest BCUT2D eigenvalue weighted by Crippen LogP contribution is -2.49. The highest BCUT2D eigenvalue weighted by Crippen LogP contribution is 2.56. The molecule has 6 rings (SSSR count). The molecule has 0 radical (unpaired) electrons. The molecule has 30 heavy (non-hydrogen) atoms. The van der Waals surface area contributed by atoms with Crippen molar-refractivity contribution in [3.8, 4) is 0 Å². The van der Waals surface area contributed by atoms with E-state index in [4.69, 9.17) is 0 Å².